The van der Waals surface area contributed by atoms with Crippen molar-refractivity contribution >= 4 is 23.4 Å². The minimum Gasteiger partial charge on any atom is -0.360 e. The molecule has 0 amide bonds. The Hall–Kier alpha value is -1.99. The second kappa shape index (κ2) is 6.49. The van der Waals surface area contributed by atoms with Crippen molar-refractivity contribution in [2.24, 2.45) is 0 Å². The number of rotatable bonds is 4. The van der Waals surface area contributed by atoms with Crippen molar-refractivity contribution in [3.8, 4) is 11.3 Å². The fourth-order valence-electron chi connectivity index (χ4n) is 2.16. The Kier molecular flexibility index (Phi) is 4.56. The van der Waals surface area contributed by atoms with Gasteiger partial charge in [-0.15, -0.1) is 10.2 Å². The molecule has 6 nitrogen and oxygen atoms in total. The standard InChI is InChI=1S/C16H18ClN5OS/c1-16(2,3)14-19-20-15(22(14)18)24-9-12-8-13(21-23-12)10-4-6-11(17)7-5-10/h4-8H,9,18H2,1-3H3. The number of nitrogen functional groups attached to an aromatic ring is 1. The van der Waals surface area contributed by atoms with Gasteiger partial charge in [-0.05, 0) is 12.1 Å². The Bertz CT molecular complexity index is 835. The van der Waals surface area contributed by atoms with E-state index in [0.717, 1.165) is 22.8 Å². The van der Waals surface area contributed by atoms with Crippen LogP contribution in [0.4, 0.5) is 0 Å². The second-order valence-electron chi connectivity index (χ2n) is 6.40. The number of nitrogens with zero attached hydrogens (tertiary/aromatic N) is 4. The fourth-order valence-corrected chi connectivity index (χ4v) is 3.02. The van der Waals surface area contributed by atoms with Gasteiger partial charge in [-0.2, -0.15) is 0 Å². The van der Waals surface area contributed by atoms with E-state index in [2.05, 4.69) is 15.4 Å². The van der Waals surface area contributed by atoms with Gasteiger partial charge in [0.25, 0.3) is 0 Å². The number of thioether (sulfide) groups is 1. The highest BCUT2D eigenvalue weighted by atomic mass is 35.5. The van der Waals surface area contributed by atoms with Crippen LogP contribution in [-0.2, 0) is 11.2 Å². The zero-order valence-corrected chi connectivity index (χ0v) is 15.2. The molecule has 0 saturated carbocycles. The SMILES string of the molecule is CC(C)(C)c1nnc(SCc2cc(-c3ccc(Cl)cc3)no2)n1N. The Morgan fingerprint density at radius 2 is 1.92 bits per heavy atom. The lowest BCUT2D eigenvalue weighted by Gasteiger charge is -2.16. The molecule has 2 N–H and O–H groups in total. The summed E-state index contributed by atoms with van der Waals surface area (Å²) in [5.74, 6) is 8.13. The van der Waals surface area contributed by atoms with Gasteiger partial charge in [0.05, 0.1) is 5.75 Å². The maximum absolute atomic E-state index is 6.08. The van der Waals surface area contributed by atoms with Gasteiger partial charge < -0.3 is 10.4 Å². The Labute approximate surface area is 149 Å². The van der Waals surface area contributed by atoms with Crippen molar-refractivity contribution in [1.82, 2.24) is 20.0 Å². The minimum absolute atomic E-state index is 0.158. The van der Waals surface area contributed by atoms with Crippen molar-refractivity contribution in [2.75, 3.05) is 5.84 Å². The molecule has 0 spiro atoms. The van der Waals surface area contributed by atoms with Crippen LogP contribution in [0, 0.1) is 0 Å². The molecule has 1 aromatic carbocycles. The summed E-state index contributed by atoms with van der Waals surface area (Å²) in [6.07, 6.45) is 0. The first-order valence-corrected chi connectivity index (χ1v) is 8.76. The fraction of sp³-hybridized carbons (Fsp3) is 0.312. The summed E-state index contributed by atoms with van der Waals surface area (Å²) in [6, 6.07) is 9.36. The van der Waals surface area contributed by atoms with Crippen LogP contribution in [0.25, 0.3) is 11.3 Å². The normalized spacial score (nSPS) is 11.8. The molecule has 0 atom stereocenters. The number of benzene rings is 1. The second-order valence-corrected chi connectivity index (χ2v) is 7.78. The van der Waals surface area contributed by atoms with E-state index in [4.69, 9.17) is 22.0 Å². The Morgan fingerprint density at radius 3 is 2.54 bits per heavy atom. The summed E-state index contributed by atoms with van der Waals surface area (Å²) in [4.78, 5) is 0. The molecule has 0 aliphatic heterocycles. The molecule has 0 saturated heterocycles. The maximum Gasteiger partial charge on any atom is 0.210 e. The molecule has 0 unspecified atom stereocenters. The molecule has 24 heavy (non-hydrogen) atoms. The molecule has 0 aliphatic carbocycles. The molecule has 3 aromatic rings. The van der Waals surface area contributed by atoms with E-state index in [1.54, 1.807) is 0 Å². The van der Waals surface area contributed by atoms with Crippen LogP contribution in [0.5, 0.6) is 0 Å². The van der Waals surface area contributed by atoms with Crippen molar-refractivity contribution in [3.05, 3.63) is 46.9 Å². The van der Waals surface area contributed by atoms with Crippen LogP contribution >= 0.6 is 23.4 Å². The van der Waals surface area contributed by atoms with Gasteiger partial charge in [-0.25, -0.2) is 4.68 Å². The summed E-state index contributed by atoms with van der Waals surface area (Å²) in [5.41, 5.74) is 1.57. The zero-order valence-electron chi connectivity index (χ0n) is 13.7. The number of hydrogen-bond donors (Lipinski definition) is 1. The highest BCUT2D eigenvalue weighted by Gasteiger charge is 2.23. The maximum atomic E-state index is 6.08. The van der Waals surface area contributed by atoms with Gasteiger partial charge in [0, 0.05) is 22.1 Å². The monoisotopic (exact) mass is 363 g/mol. The molecule has 3 rings (SSSR count). The van der Waals surface area contributed by atoms with Gasteiger partial charge in [0.15, 0.2) is 5.82 Å². The molecule has 0 fully saturated rings. The van der Waals surface area contributed by atoms with Gasteiger partial charge in [0.2, 0.25) is 5.16 Å². The van der Waals surface area contributed by atoms with Crippen LogP contribution in [0.1, 0.15) is 32.4 Å². The van der Waals surface area contributed by atoms with E-state index in [9.17, 15) is 0 Å². The first-order valence-electron chi connectivity index (χ1n) is 7.40. The highest BCUT2D eigenvalue weighted by Crippen LogP contribution is 2.27. The van der Waals surface area contributed by atoms with Gasteiger partial charge in [-0.3, -0.25) is 0 Å². The van der Waals surface area contributed by atoms with E-state index in [-0.39, 0.29) is 5.41 Å². The van der Waals surface area contributed by atoms with Gasteiger partial charge in [0.1, 0.15) is 11.5 Å². The van der Waals surface area contributed by atoms with Crippen LogP contribution in [0.3, 0.4) is 0 Å². The lowest BCUT2D eigenvalue weighted by atomic mass is 9.96. The van der Waals surface area contributed by atoms with E-state index in [0.29, 0.717) is 15.9 Å². The molecule has 0 aliphatic rings. The number of nitrogens with two attached hydrogens (primary N) is 1. The molecule has 126 valence electrons. The van der Waals surface area contributed by atoms with Crippen LogP contribution in [0.2, 0.25) is 5.02 Å². The summed E-state index contributed by atoms with van der Waals surface area (Å²) in [5, 5.41) is 13.7. The average molecular weight is 364 g/mol. The average Bonchev–Trinajstić information content (AvgIpc) is 3.12. The summed E-state index contributed by atoms with van der Waals surface area (Å²) in [6.45, 7) is 6.14. The summed E-state index contributed by atoms with van der Waals surface area (Å²) in [7, 11) is 0. The molecule has 2 heterocycles. The van der Waals surface area contributed by atoms with Crippen molar-refractivity contribution in [3.63, 3.8) is 0 Å². The van der Waals surface area contributed by atoms with E-state index >= 15 is 0 Å². The topological polar surface area (TPSA) is 82.8 Å². The predicted octanol–water partition coefficient (Wildman–Crippen LogP) is 3.89. The molecule has 8 heteroatoms. The quantitative estimate of drug-likeness (QED) is 0.559. The smallest absolute Gasteiger partial charge is 0.210 e. The number of halogens is 1. The van der Waals surface area contributed by atoms with Gasteiger partial charge >= 0.3 is 0 Å². The molecular weight excluding hydrogens is 346 g/mol. The van der Waals surface area contributed by atoms with Crippen molar-refractivity contribution < 1.29 is 4.52 Å². The summed E-state index contributed by atoms with van der Waals surface area (Å²) < 4.78 is 6.91. The summed E-state index contributed by atoms with van der Waals surface area (Å²) >= 11 is 7.35. The van der Waals surface area contributed by atoms with E-state index in [1.807, 2.05) is 51.1 Å². The molecule has 0 radical (unpaired) electrons. The first-order chi connectivity index (χ1) is 11.3. The Morgan fingerprint density at radius 1 is 1.21 bits per heavy atom. The lowest BCUT2D eigenvalue weighted by Crippen LogP contribution is -2.24. The molecule has 2 aromatic heterocycles. The van der Waals surface area contributed by atoms with Crippen LogP contribution < -0.4 is 5.84 Å². The third-order valence-corrected chi connectivity index (χ3v) is 4.60. The number of aromatic nitrogens is 4. The van der Waals surface area contributed by atoms with Gasteiger partial charge in [-0.1, -0.05) is 61.4 Å². The molecule has 0 bridgehead atoms. The number of hydrogen-bond acceptors (Lipinski definition) is 6. The Balaban J connectivity index is 1.70. The first kappa shape index (κ1) is 16.9. The van der Waals surface area contributed by atoms with E-state index in [1.165, 1.54) is 16.4 Å². The largest absolute Gasteiger partial charge is 0.360 e. The predicted molar refractivity (Wildman–Crippen MR) is 95.4 cm³/mol. The van der Waals surface area contributed by atoms with E-state index < -0.39 is 0 Å². The van der Waals surface area contributed by atoms with Crippen molar-refractivity contribution in [2.45, 2.75) is 37.1 Å². The van der Waals surface area contributed by atoms with Crippen LogP contribution in [-0.4, -0.2) is 20.0 Å². The zero-order chi connectivity index (χ0) is 17.3. The van der Waals surface area contributed by atoms with Crippen molar-refractivity contribution in [1.29, 1.82) is 0 Å². The highest BCUT2D eigenvalue weighted by molar-refractivity contribution is 7.98. The third-order valence-electron chi connectivity index (χ3n) is 3.38. The van der Waals surface area contributed by atoms with Crippen LogP contribution in [0.15, 0.2) is 40.0 Å². The lowest BCUT2D eigenvalue weighted by molar-refractivity contribution is 0.397. The molecular formula is C16H18ClN5OS. The third kappa shape index (κ3) is 3.57. The minimum atomic E-state index is -0.158.